The van der Waals surface area contributed by atoms with E-state index in [2.05, 4.69) is 17.6 Å². The Labute approximate surface area is 228 Å². The van der Waals surface area contributed by atoms with Crippen molar-refractivity contribution in [3.05, 3.63) is 34.9 Å². The molecule has 0 spiro atoms. The Morgan fingerprint density at radius 1 is 1.05 bits per heavy atom. The van der Waals surface area contributed by atoms with Gasteiger partial charge >= 0.3 is 6.09 Å². The van der Waals surface area contributed by atoms with Gasteiger partial charge in [-0.3, -0.25) is 9.59 Å². The Bertz CT molecular complexity index is 891. The third kappa shape index (κ3) is 9.87. The summed E-state index contributed by atoms with van der Waals surface area (Å²) in [6.07, 6.45) is 4.18. The summed E-state index contributed by atoms with van der Waals surface area (Å²) >= 11 is 1.60. The fourth-order valence-electron chi connectivity index (χ4n) is 4.18. The van der Waals surface area contributed by atoms with Crippen molar-refractivity contribution in [3.63, 3.8) is 0 Å². The molecule has 8 heteroatoms. The largest absolute Gasteiger partial charge is 0.444 e. The van der Waals surface area contributed by atoms with Crippen LogP contribution in [0.25, 0.3) is 0 Å². The first kappa shape index (κ1) is 32.8. The first-order chi connectivity index (χ1) is 17.2. The second kappa shape index (κ2) is 14.6. The van der Waals surface area contributed by atoms with Crippen molar-refractivity contribution >= 4 is 29.7 Å². The zero-order valence-corrected chi connectivity index (χ0v) is 25.4. The highest BCUT2D eigenvalue weighted by Crippen LogP contribution is 2.35. The number of rotatable bonds is 13. The summed E-state index contributed by atoms with van der Waals surface area (Å²) in [4.78, 5) is 42.7. The molecule has 0 aliphatic rings. The maximum absolute atomic E-state index is 14.4. The van der Waals surface area contributed by atoms with E-state index in [0.29, 0.717) is 25.1 Å². The number of unbranched alkanes of at least 4 members (excludes halogenated alkanes) is 1. The minimum Gasteiger partial charge on any atom is -0.444 e. The summed E-state index contributed by atoms with van der Waals surface area (Å²) in [5.74, 6) is 0.176. The van der Waals surface area contributed by atoms with Gasteiger partial charge in [-0.1, -0.05) is 38.5 Å². The van der Waals surface area contributed by atoms with Crippen LogP contribution in [0, 0.1) is 13.8 Å². The lowest BCUT2D eigenvalue weighted by molar-refractivity contribution is -0.149. The van der Waals surface area contributed by atoms with Gasteiger partial charge in [0, 0.05) is 12.1 Å². The van der Waals surface area contributed by atoms with E-state index in [1.54, 1.807) is 37.4 Å². The molecule has 7 nitrogen and oxygen atoms in total. The van der Waals surface area contributed by atoms with Gasteiger partial charge in [0.15, 0.2) is 0 Å². The molecule has 1 rings (SSSR count). The van der Waals surface area contributed by atoms with E-state index in [9.17, 15) is 14.4 Å². The van der Waals surface area contributed by atoms with Crippen molar-refractivity contribution in [1.82, 2.24) is 15.5 Å². The number of nitrogens with one attached hydrogen (secondary N) is 2. The number of carbonyl (C=O) groups is 3. The Morgan fingerprint density at radius 3 is 2.14 bits per heavy atom. The monoisotopic (exact) mass is 535 g/mol. The van der Waals surface area contributed by atoms with E-state index in [-0.39, 0.29) is 11.8 Å². The number of thioether (sulfide) groups is 1. The molecule has 2 unspecified atom stereocenters. The SMILES string of the molecule is CCCCNC(=O)C(c1c(C)cccc1C)N(C(=O)C(CCSC)NC(=O)OC(C)(C)C)C(C)(C)CC. The maximum Gasteiger partial charge on any atom is 0.408 e. The van der Waals surface area contributed by atoms with Crippen molar-refractivity contribution in [2.75, 3.05) is 18.6 Å². The average Bonchev–Trinajstić information content (AvgIpc) is 2.79. The summed E-state index contributed by atoms with van der Waals surface area (Å²) in [6.45, 7) is 17.9. The lowest BCUT2D eigenvalue weighted by Gasteiger charge is -2.45. The Morgan fingerprint density at radius 2 is 1.65 bits per heavy atom. The van der Waals surface area contributed by atoms with Crippen LogP contribution in [0.3, 0.4) is 0 Å². The molecule has 0 aromatic heterocycles. The van der Waals surface area contributed by atoms with E-state index < -0.39 is 29.3 Å². The van der Waals surface area contributed by atoms with E-state index in [0.717, 1.165) is 29.5 Å². The predicted octanol–water partition coefficient (Wildman–Crippen LogP) is 5.92. The lowest BCUT2D eigenvalue weighted by atomic mass is 9.88. The number of ether oxygens (including phenoxy) is 1. The third-order valence-corrected chi connectivity index (χ3v) is 7.15. The quantitative estimate of drug-likeness (QED) is 0.306. The lowest BCUT2D eigenvalue weighted by Crippen LogP contribution is -2.59. The van der Waals surface area contributed by atoms with Crippen LogP contribution in [-0.2, 0) is 14.3 Å². The van der Waals surface area contributed by atoms with Crippen LogP contribution in [-0.4, -0.2) is 58.5 Å². The van der Waals surface area contributed by atoms with Crippen LogP contribution in [0.2, 0.25) is 0 Å². The molecule has 0 saturated carbocycles. The highest BCUT2D eigenvalue weighted by Gasteiger charge is 2.43. The van der Waals surface area contributed by atoms with Gasteiger partial charge in [-0.2, -0.15) is 11.8 Å². The molecule has 0 heterocycles. The highest BCUT2D eigenvalue weighted by molar-refractivity contribution is 7.98. The molecule has 3 amide bonds. The second-order valence-corrected chi connectivity index (χ2v) is 12.2. The first-order valence-corrected chi connectivity index (χ1v) is 14.7. The van der Waals surface area contributed by atoms with Gasteiger partial charge in [-0.15, -0.1) is 0 Å². The first-order valence-electron chi connectivity index (χ1n) is 13.4. The standard InChI is InChI=1S/C29H49N3O4S/c1-11-13-18-30-25(33)24(23-20(3)15-14-16-21(23)4)32(29(8,9)12-2)26(34)22(17-19-37-10)31-27(35)36-28(5,6)7/h14-16,22,24H,11-13,17-19H2,1-10H3,(H,30,33)(H,31,35). The van der Waals surface area contributed by atoms with Gasteiger partial charge < -0.3 is 20.3 Å². The molecule has 37 heavy (non-hydrogen) atoms. The van der Waals surface area contributed by atoms with Gasteiger partial charge in [0.1, 0.15) is 17.7 Å². The van der Waals surface area contributed by atoms with Crippen molar-refractivity contribution < 1.29 is 19.1 Å². The molecule has 1 aromatic carbocycles. The molecular formula is C29H49N3O4S. The molecule has 0 aliphatic carbocycles. The zero-order chi connectivity index (χ0) is 28.4. The molecule has 0 fully saturated rings. The van der Waals surface area contributed by atoms with E-state index in [1.807, 2.05) is 59.1 Å². The number of nitrogens with zero attached hydrogens (tertiary/aromatic N) is 1. The summed E-state index contributed by atoms with van der Waals surface area (Å²) in [7, 11) is 0. The van der Waals surface area contributed by atoms with Crippen LogP contribution < -0.4 is 10.6 Å². The van der Waals surface area contributed by atoms with E-state index in [1.165, 1.54) is 0 Å². The minimum atomic E-state index is -0.835. The molecule has 0 bridgehead atoms. The van der Waals surface area contributed by atoms with Gasteiger partial charge in [0.2, 0.25) is 11.8 Å². The number of hydrogen-bond acceptors (Lipinski definition) is 5. The number of amides is 3. The third-order valence-electron chi connectivity index (χ3n) is 6.51. The second-order valence-electron chi connectivity index (χ2n) is 11.2. The smallest absolute Gasteiger partial charge is 0.408 e. The van der Waals surface area contributed by atoms with Crippen LogP contribution in [0.4, 0.5) is 4.79 Å². The Balaban J connectivity index is 3.67. The molecule has 0 aliphatic heterocycles. The van der Waals surface area contributed by atoms with Crippen LogP contribution in [0.1, 0.15) is 96.9 Å². The van der Waals surface area contributed by atoms with Gasteiger partial charge in [-0.25, -0.2) is 4.79 Å². The topological polar surface area (TPSA) is 87.7 Å². The van der Waals surface area contributed by atoms with Gasteiger partial charge in [-0.05, 0) is 96.4 Å². The molecule has 2 atom stereocenters. The summed E-state index contributed by atoms with van der Waals surface area (Å²) in [6, 6.07) is 4.24. The number of benzene rings is 1. The van der Waals surface area contributed by atoms with Crippen molar-refractivity contribution in [3.8, 4) is 0 Å². The van der Waals surface area contributed by atoms with Crippen LogP contribution >= 0.6 is 11.8 Å². The summed E-state index contributed by atoms with van der Waals surface area (Å²) in [5.41, 5.74) is 1.36. The highest BCUT2D eigenvalue weighted by atomic mass is 32.2. The normalized spacial score (nSPS) is 13.5. The zero-order valence-electron chi connectivity index (χ0n) is 24.6. The Hall–Kier alpha value is -2.22. The molecule has 1 aromatic rings. The summed E-state index contributed by atoms with van der Waals surface area (Å²) in [5, 5.41) is 5.89. The van der Waals surface area contributed by atoms with Gasteiger partial charge in [0.05, 0.1) is 0 Å². The van der Waals surface area contributed by atoms with Crippen molar-refractivity contribution in [2.45, 2.75) is 111 Å². The van der Waals surface area contributed by atoms with Crippen LogP contribution in [0.15, 0.2) is 18.2 Å². The molecule has 2 N–H and O–H groups in total. The van der Waals surface area contributed by atoms with E-state index in [4.69, 9.17) is 4.74 Å². The van der Waals surface area contributed by atoms with Crippen molar-refractivity contribution in [2.24, 2.45) is 0 Å². The van der Waals surface area contributed by atoms with Crippen LogP contribution in [0.5, 0.6) is 0 Å². The number of alkyl carbamates (subject to hydrolysis) is 1. The fourth-order valence-corrected chi connectivity index (χ4v) is 4.65. The molecular weight excluding hydrogens is 486 g/mol. The number of hydrogen-bond donors (Lipinski definition) is 2. The molecule has 210 valence electrons. The predicted molar refractivity (Wildman–Crippen MR) is 154 cm³/mol. The average molecular weight is 536 g/mol. The minimum absolute atomic E-state index is 0.207. The van der Waals surface area contributed by atoms with Gasteiger partial charge in [0.25, 0.3) is 0 Å². The number of aryl methyl sites for hydroxylation is 2. The fraction of sp³-hybridized carbons (Fsp3) is 0.690. The number of carbonyl (C=O) groups excluding carboxylic acids is 3. The maximum atomic E-state index is 14.4. The van der Waals surface area contributed by atoms with Crippen molar-refractivity contribution in [1.29, 1.82) is 0 Å². The molecule has 0 radical (unpaired) electrons. The Kier molecular flexibility index (Phi) is 13.0. The van der Waals surface area contributed by atoms with E-state index >= 15 is 0 Å². The summed E-state index contributed by atoms with van der Waals surface area (Å²) < 4.78 is 5.48. The molecule has 0 saturated heterocycles.